The molecule has 0 aliphatic heterocycles. The van der Waals surface area contributed by atoms with Crippen molar-refractivity contribution in [3.63, 3.8) is 0 Å². The number of carboxylic acid groups (broad SMARTS) is 1. The van der Waals surface area contributed by atoms with Crippen LogP contribution >= 0.6 is 0 Å². The Labute approximate surface area is 37.1 Å². The molecule has 0 aliphatic rings. The van der Waals surface area contributed by atoms with E-state index in [1.807, 2.05) is 0 Å². The van der Waals surface area contributed by atoms with Crippen molar-refractivity contribution in [2.24, 2.45) is 0 Å². The molecule has 0 aromatic heterocycles. The molecule has 0 fully saturated rings. The monoisotopic (exact) mass is 117 g/mol. The topological polar surface area (TPSA) is 65.8 Å². The van der Waals surface area contributed by atoms with Crippen LogP contribution in [0.2, 0.25) is 0 Å². The van der Waals surface area contributed by atoms with E-state index in [0.717, 1.165) is 0 Å². The van der Waals surface area contributed by atoms with Gasteiger partial charge in [0.25, 0.3) is 0 Å². The third kappa shape index (κ3) is 5880. The molecule has 1 N–H and O–H groups in total. The summed E-state index contributed by atoms with van der Waals surface area (Å²) in [6.07, 6.45) is 0. The minimum atomic E-state index is -1.08. The molecule has 0 aliphatic carbocycles. The van der Waals surface area contributed by atoms with Gasteiger partial charge in [0.2, 0.25) is 0 Å². The first-order chi connectivity index (χ1) is 1.73. The molecule has 0 saturated heterocycles. The summed E-state index contributed by atoms with van der Waals surface area (Å²) in [6.45, 7) is 0. The second-order valence-electron chi connectivity index (χ2n) is 0.243. The maximum absolute atomic E-state index is 8.89. The fourth-order valence-corrected chi connectivity index (χ4v) is 0. The molecule has 0 aromatic carbocycles. The molecule has 0 rings (SSSR count). The molecule has 0 radical (unpaired) electrons. The maximum atomic E-state index is 8.89. The van der Waals surface area contributed by atoms with E-state index in [1.165, 1.54) is 0 Å². The van der Waals surface area contributed by atoms with Gasteiger partial charge in [0.1, 0.15) is 0 Å². The summed E-state index contributed by atoms with van der Waals surface area (Å²) in [7, 11) is 0. The Balaban J connectivity index is 0. The molecule has 0 unspecified atom stereocenters. The van der Waals surface area contributed by atoms with E-state index >= 15 is 0 Å². The smallest absolute Gasteiger partial charge is 2.00 e. The molecule has 0 bridgehead atoms. The fraction of sp³-hybridized carbons (Fsp3) is 0. The van der Waals surface area contributed by atoms with Crippen LogP contribution in [0, 0.1) is 0 Å². The van der Waals surface area contributed by atoms with Crippen LogP contribution in [-0.4, -0.2) is 9.97 Å². The average molecular weight is 117 g/mol. The molecule has 0 spiro atoms. The first-order valence-electron chi connectivity index (χ1n) is 0.605. The van der Waals surface area contributed by atoms with Crippen LogP contribution < -0.4 is 0 Å². The van der Waals surface area contributed by atoms with E-state index in [9.17, 15) is 0 Å². The van der Waals surface area contributed by atoms with Crippen LogP contribution in [0.4, 0.5) is 4.79 Å². The largest absolute Gasteiger partial charge is 2.00 e. The van der Waals surface area contributed by atoms with Gasteiger partial charge in [-0.3, -0.25) is 0 Å². The van der Waals surface area contributed by atoms with Crippen LogP contribution in [0.3, 0.4) is 0 Å². The zero-order valence-corrected chi connectivity index (χ0v) is 3.22. The van der Waals surface area contributed by atoms with E-state index in [4.69, 9.17) is 9.90 Å². The second kappa shape index (κ2) is 3.95. The van der Waals surface area contributed by atoms with Gasteiger partial charge >= 0.3 is 30.8 Å². The second-order valence-corrected chi connectivity index (χ2v) is 0.715. The third-order valence-electron chi connectivity index (χ3n) is 0. The first kappa shape index (κ1) is 8.87. The van der Waals surface area contributed by atoms with Crippen molar-refractivity contribution in [2.45, 2.75) is 0 Å². The summed E-state index contributed by atoms with van der Waals surface area (Å²) in [5, 5.41) is 7.31. The molecular formula is CHFeO3. The molecular weight excluding hydrogens is 116 g/mol. The molecule has 4 heteroatoms. The summed E-state index contributed by atoms with van der Waals surface area (Å²) < 4.78 is 0. The van der Waals surface area contributed by atoms with Crippen molar-refractivity contribution < 1.29 is 31.4 Å². The molecule has 0 amide bonds. The van der Waals surface area contributed by atoms with Gasteiger partial charge in [-0.05, 0) is 0 Å². The van der Waals surface area contributed by atoms with Crippen molar-refractivity contribution in [2.75, 3.05) is 0 Å². The maximum Gasteiger partial charge on any atom is -2.00 e. The SMILES string of the molecule is O=[C](O)[Fe+2].[O-2]. The van der Waals surface area contributed by atoms with E-state index in [1.54, 1.807) is 0 Å². The Hall–Kier alpha value is -0.0505. The molecule has 0 atom stereocenters. The van der Waals surface area contributed by atoms with Crippen LogP contribution in [0.15, 0.2) is 0 Å². The van der Waals surface area contributed by atoms with Gasteiger partial charge in [0.15, 0.2) is 0 Å². The summed E-state index contributed by atoms with van der Waals surface area (Å²) in [4.78, 5) is 7.81. The summed E-state index contributed by atoms with van der Waals surface area (Å²) in [5.74, 6) is 0. The van der Waals surface area contributed by atoms with E-state index in [0.29, 0.717) is 0 Å². The van der Waals surface area contributed by atoms with Crippen molar-refractivity contribution in [1.29, 1.82) is 0 Å². The van der Waals surface area contributed by atoms with Crippen molar-refractivity contribution in [3.8, 4) is 0 Å². The number of carbonyl (C=O) groups is 1. The van der Waals surface area contributed by atoms with Crippen LogP contribution in [0.25, 0.3) is 0 Å². The Bertz CT molecular complexity index is 29.9. The molecule has 5 heavy (non-hydrogen) atoms. The molecule has 31 valence electrons. The number of hydrogen-bond acceptors (Lipinski definition) is 1. The average Bonchev–Trinajstić information content (AvgIpc) is 0.811. The van der Waals surface area contributed by atoms with E-state index in [2.05, 4.69) is 16.0 Å². The Morgan fingerprint density at radius 2 is 1.80 bits per heavy atom. The Morgan fingerprint density at radius 1 is 1.80 bits per heavy atom. The van der Waals surface area contributed by atoms with Gasteiger partial charge in [-0.15, -0.1) is 0 Å². The Morgan fingerprint density at radius 3 is 1.80 bits per heavy atom. The molecule has 0 heterocycles. The molecule has 3 nitrogen and oxygen atoms in total. The summed E-state index contributed by atoms with van der Waals surface area (Å²) >= 11 is 2.56. The van der Waals surface area contributed by atoms with Gasteiger partial charge in [0.05, 0.1) is 0 Å². The van der Waals surface area contributed by atoms with Gasteiger partial charge in [-0.2, -0.15) is 0 Å². The molecule has 0 aromatic rings. The van der Waals surface area contributed by atoms with Gasteiger partial charge in [-0.1, -0.05) is 0 Å². The van der Waals surface area contributed by atoms with Crippen LogP contribution in [-0.2, 0) is 21.5 Å². The number of hydrogen-bond donors (Lipinski definition) is 1. The van der Waals surface area contributed by atoms with Crippen LogP contribution in [0.5, 0.6) is 0 Å². The standard InChI is InChI=1S/CHO2.Fe.O/c2-1-3;;/h(H,2,3);;/q;+2;-2. The van der Waals surface area contributed by atoms with E-state index < -0.39 is 4.87 Å². The van der Waals surface area contributed by atoms with Crippen molar-refractivity contribution in [3.05, 3.63) is 0 Å². The van der Waals surface area contributed by atoms with E-state index in [-0.39, 0.29) is 5.48 Å². The predicted octanol–water partition coefficient (Wildman–Crippen LogP) is 0.0924. The first-order valence-corrected chi connectivity index (χ1v) is 1.16. The molecule has 0 saturated carbocycles. The fourth-order valence-electron chi connectivity index (χ4n) is 0. The minimum Gasteiger partial charge on any atom is -2.00 e. The zero-order chi connectivity index (χ0) is 3.58. The van der Waals surface area contributed by atoms with Crippen molar-refractivity contribution in [1.82, 2.24) is 0 Å². The normalized spacial score (nSPS) is 4.80. The number of rotatable bonds is 0. The van der Waals surface area contributed by atoms with Crippen LogP contribution in [0.1, 0.15) is 0 Å². The summed E-state index contributed by atoms with van der Waals surface area (Å²) in [5.41, 5.74) is 0. The zero-order valence-electron chi connectivity index (χ0n) is 2.12. The quantitative estimate of drug-likeness (QED) is 0.457. The van der Waals surface area contributed by atoms with Crippen molar-refractivity contribution >= 4 is 4.87 Å². The van der Waals surface area contributed by atoms with Gasteiger partial charge in [0, 0.05) is 0 Å². The van der Waals surface area contributed by atoms with Gasteiger partial charge < -0.3 is 5.48 Å². The third-order valence-corrected chi connectivity index (χ3v) is 0. The van der Waals surface area contributed by atoms with Gasteiger partial charge in [-0.25, -0.2) is 0 Å². The predicted molar refractivity (Wildman–Crippen MR) is 8.71 cm³/mol. The Kier molecular flexibility index (Phi) is 7.01. The minimum absolute atomic E-state index is 0. The summed E-state index contributed by atoms with van der Waals surface area (Å²) in [6, 6.07) is 0.